The Labute approximate surface area is 184 Å². The first-order chi connectivity index (χ1) is 14.9. The highest BCUT2D eigenvalue weighted by atomic mass is 35.5. The number of fused-ring (bicyclic) bond motifs is 1. The number of hydrogen-bond acceptors (Lipinski definition) is 4. The molecule has 2 heterocycles. The molecule has 4 rings (SSSR count). The lowest BCUT2D eigenvalue weighted by Crippen LogP contribution is -2.33. The molecule has 0 bridgehead atoms. The number of halogens is 1. The van der Waals surface area contributed by atoms with Gasteiger partial charge < -0.3 is 5.32 Å². The van der Waals surface area contributed by atoms with Crippen LogP contribution in [-0.4, -0.2) is 31.8 Å². The van der Waals surface area contributed by atoms with Crippen molar-refractivity contribution in [3.63, 3.8) is 0 Å². The smallest absolute Gasteiger partial charge is 0.264 e. The fourth-order valence-electron chi connectivity index (χ4n) is 3.53. The highest BCUT2D eigenvalue weighted by Gasteiger charge is 2.13. The van der Waals surface area contributed by atoms with Crippen LogP contribution in [0.25, 0.3) is 16.7 Å². The molecule has 0 aliphatic carbocycles. The third-order valence-corrected chi connectivity index (χ3v) is 5.22. The first-order valence-corrected chi connectivity index (χ1v) is 10.3. The molecule has 2 aromatic heterocycles. The fourth-order valence-corrected chi connectivity index (χ4v) is 3.66. The standard InChI is InChI=1S/C23H22ClN5O2/c1-15-9-16(2)11-19(10-15)29-22-20(12-27-29)23(31)28(14-26-22)13-21(30)25-8-7-17-3-5-18(24)6-4-17/h3-6,9-12,14H,7-8,13H2,1-2H3,(H,25,30). The maximum Gasteiger partial charge on any atom is 0.264 e. The van der Waals surface area contributed by atoms with Gasteiger partial charge in [0, 0.05) is 11.6 Å². The molecule has 0 spiro atoms. The molecule has 0 radical (unpaired) electrons. The second-order valence-electron chi connectivity index (χ2n) is 7.54. The molecule has 158 valence electrons. The Bertz CT molecular complexity index is 1290. The van der Waals surface area contributed by atoms with Crippen molar-refractivity contribution >= 4 is 28.5 Å². The van der Waals surface area contributed by atoms with Gasteiger partial charge in [-0.05, 0) is 61.2 Å². The third kappa shape index (κ3) is 4.67. The third-order valence-electron chi connectivity index (χ3n) is 4.97. The molecule has 0 saturated heterocycles. The van der Waals surface area contributed by atoms with Crippen LogP contribution in [0.15, 0.2) is 59.8 Å². The molecule has 1 N–H and O–H groups in total. The van der Waals surface area contributed by atoms with Gasteiger partial charge in [0.15, 0.2) is 5.65 Å². The van der Waals surface area contributed by atoms with Crippen molar-refractivity contribution in [1.82, 2.24) is 24.6 Å². The van der Waals surface area contributed by atoms with E-state index in [9.17, 15) is 9.59 Å². The van der Waals surface area contributed by atoms with Gasteiger partial charge in [0.1, 0.15) is 18.3 Å². The number of aromatic nitrogens is 4. The van der Waals surface area contributed by atoms with Gasteiger partial charge >= 0.3 is 0 Å². The summed E-state index contributed by atoms with van der Waals surface area (Å²) in [6.45, 7) is 4.38. The van der Waals surface area contributed by atoms with Gasteiger partial charge in [-0.25, -0.2) is 9.67 Å². The molecule has 4 aromatic rings. The Balaban J connectivity index is 1.47. The summed E-state index contributed by atoms with van der Waals surface area (Å²) in [6.07, 6.45) is 3.57. The van der Waals surface area contributed by atoms with Crippen LogP contribution in [-0.2, 0) is 17.8 Å². The summed E-state index contributed by atoms with van der Waals surface area (Å²) in [6, 6.07) is 13.5. The SMILES string of the molecule is Cc1cc(C)cc(-n2ncc3c(=O)n(CC(=O)NCCc4ccc(Cl)cc4)cnc32)c1. The number of amides is 1. The number of nitrogens with zero attached hydrogens (tertiary/aromatic N) is 4. The van der Waals surface area contributed by atoms with Crippen LogP contribution in [0.3, 0.4) is 0 Å². The molecule has 1 amide bonds. The Kier molecular flexibility index (Phi) is 5.86. The molecule has 31 heavy (non-hydrogen) atoms. The minimum absolute atomic E-state index is 0.100. The molecule has 2 aromatic carbocycles. The maximum absolute atomic E-state index is 12.8. The van der Waals surface area contributed by atoms with Gasteiger partial charge in [0.05, 0.1) is 11.9 Å². The molecular formula is C23H22ClN5O2. The molecule has 0 saturated carbocycles. The van der Waals surface area contributed by atoms with E-state index >= 15 is 0 Å². The number of aryl methyl sites for hydroxylation is 2. The highest BCUT2D eigenvalue weighted by molar-refractivity contribution is 6.30. The van der Waals surface area contributed by atoms with E-state index in [0.29, 0.717) is 29.0 Å². The Hall–Kier alpha value is -3.45. The summed E-state index contributed by atoms with van der Waals surface area (Å²) in [5.41, 5.74) is 4.29. The average molecular weight is 436 g/mol. The van der Waals surface area contributed by atoms with Crippen molar-refractivity contribution in [3.05, 3.63) is 87.1 Å². The number of carbonyl (C=O) groups is 1. The highest BCUT2D eigenvalue weighted by Crippen LogP contribution is 2.17. The van der Waals surface area contributed by atoms with E-state index in [-0.39, 0.29) is 18.0 Å². The summed E-state index contributed by atoms with van der Waals surface area (Å²) in [7, 11) is 0. The van der Waals surface area contributed by atoms with Crippen LogP contribution >= 0.6 is 11.6 Å². The lowest BCUT2D eigenvalue weighted by atomic mass is 10.1. The van der Waals surface area contributed by atoms with Crippen LogP contribution in [0, 0.1) is 13.8 Å². The molecule has 7 nitrogen and oxygen atoms in total. The van der Waals surface area contributed by atoms with Crippen LogP contribution in [0.4, 0.5) is 0 Å². The average Bonchev–Trinajstić information content (AvgIpc) is 3.16. The van der Waals surface area contributed by atoms with Crippen LogP contribution in [0.1, 0.15) is 16.7 Å². The Morgan fingerprint density at radius 2 is 1.81 bits per heavy atom. The summed E-state index contributed by atoms with van der Waals surface area (Å²) in [4.78, 5) is 29.6. The van der Waals surface area contributed by atoms with E-state index in [0.717, 1.165) is 22.4 Å². The number of rotatable bonds is 6. The zero-order valence-electron chi connectivity index (χ0n) is 17.3. The van der Waals surface area contributed by atoms with E-state index in [1.807, 2.05) is 50.2 Å². The molecule has 0 unspecified atom stereocenters. The quantitative estimate of drug-likeness (QED) is 0.504. The monoisotopic (exact) mass is 435 g/mol. The summed E-state index contributed by atoms with van der Waals surface area (Å²) < 4.78 is 2.95. The lowest BCUT2D eigenvalue weighted by Gasteiger charge is -2.08. The predicted molar refractivity (Wildman–Crippen MR) is 121 cm³/mol. The summed E-state index contributed by atoms with van der Waals surface area (Å²) in [5.74, 6) is -0.251. The van der Waals surface area contributed by atoms with E-state index in [2.05, 4.69) is 21.5 Å². The second kappa shape index (κ2) is 8.73. The molecule has 0 aliphatic heterocycles. The number of nitrogens with one attached hydrogen (secondary N) is 1. The van der Waals surface area contributed by atoms with Gasteiger partial charge in [0.2, 0.25) is 5.91 Å². The van der Waals surface area contributed by atoms with Gasteiger partial charge in [-0.3, -0.25) is 14.2 Å². The summed E-state index contributed by atoms with van der Waals surface area (Å²) >= 11 is 5.88. The maximum atomic E-state index is 12.8. The number of carbonyl (C=O) groups excluding carboxylic acids is 1. The van der Waals surface area contributed by atoms with Crippen molar-refractivity contribution in [1.29, 1.82) is 0 Å². The number of hydrogen-bond donors (Lipinski definition) is 1. The molecule has 0 atom stereocenters. The first kappa shape index (κ1) is 20.8. The van der Waals surface area contributed by atoms with Gasteiger partial charge in [0.25, 0.3) is 5.56 Å². The van der Waals surface area contributed by atoms with Crippen molar-refractivity contribution in [2.24, 2.45) is 0 Å². The van der Waals surface area contributed by atoms with E-state index in [4.69, 9.17) is 11.6 Å². The van der Waals surface area contributed by atoms with Crippen molar-refractivity contribution in [2.45, 2.75) is 26.8 Å². The fraction of sp³-hybridized carbons (Fsp3) is 0.217. The number of benzene rings is 2. The first-order valence-electron chi connectivity index (χ1n) is 9.94. The lowest BCUT2D eigenvalue weighted by molar-refractivity contribution is -0.121. The normalized spacial score (nSPS) is 11.1. The zero-order chi connectivity index (χ0) is 22.0. The van der Waals surface area contributed by atoms with Gasteiger partial charge in [-0.1, -0.05) is 29.8 Å². The molecule has 0 aliphatic rings. The van der Waals surface area contributed by atoms with E-state index in [1.165, 1.54) is 17.1 Å². The summed E-state index contributed by atoms with van der Waals surface area (Å²) in [5, 5.41) is 8.23. The van der Waals surface area contributed by atoms with Gasteiger partial charge in [-0.15, -0.1) is 0 Å². The molecule has 0 fully saturated rings. The van der Waals surface area contributed by atoms with Crippen molar-refractivity contribution in [2.75, 3.05) is 6.54 Å². The second-order valence-corrected chi connectivity index (χ2v) is 7.98. The largest absolute Gasteiger partial charge is 0.354 e. The van der Waals surface area contributed by atoms with Crippen molar-refractivity contribution < 1.29 is 4.79 Å². The topological polar surface area (TPSA) is 81.8 Å². The Morgan fingerprint density at radius 1 is 1.10 bits per heavy atom. The van der Waals surface area contributed by atoms with Gasteiger partial charge in [-0.2, -0.15) is 5.10 Å². The zero-order valence-corrected chi connectivity index (χ0v) is 18.1. The van der Waals surface area contributed by atoms with E-state index in [1.54, 1.807) is 4.68 Å². The van der Waals surface area contributed by atoms with E-state index < -0.39 is 0 Å². The minimum Gasteiger partial charge on any atom is -0.354 e. The minimum atomic E-state index is -0.298. The molecular weight excluding hydrogens is 414 g/mol. The predicted octanol–water partition coefficient (Wildman–Crippen LogP) is 3.21. The Morgan fingerprint density at radius 3 is 2.52 bits per heavy atom. The molecule has 8 heteroatoms. The van der Waals surface area contributed by atoms with Crippen LogP contribution in [0.2, 0.25) is 5.02 Å². The van der Waals surface area contributed by atoms with Crippen LogP contribution < -0.4 is 10.9 Å². The van der Waals surface area contributed by atoms with Crippen LogP contribution in [0.5, 0.6) is 0 Å². The van der Waals surface area contributed by atoms with Crippen molar-refractivity contribution in [3.8, 4) is 5.69 Å².